The van der Waals surface area contributed by atoms with Crippen molar-refractivity contribution in [1.29, 1.82) is 0 Å². The highest BCUT2D eigenvalue weighted by atomic mass is 16.5. The van der Waals surface area contributed by atoms with E-state index in [9.17, 15) is 14.4 Å². The summed E-state index contributed by atoms with van der Waals surface area (Å²) in [6, 6.07) is 7.17. The van der Waals surface area contributed by atoms with Crippen molar-refractivity contribution in [3.8, 4) is 0 Å². The Labute approximate surface area is 141 Å². The molecule has 3 rings (SSSR count). The maximum absolute atomic E-state index is 12.3. The lowest BCUT2D eigenvalue weighted by atomic mass is 9.98. The molecule has 1 aromatic rings. The lowest BCUT2D eigenvalue weighted by Gasteiger charge is -2.25. The van der Waals surface area contributed by atoms with Gasteiger partial charge in [-0.25, -0.2) is 4.79 Å². The van der Waals surface area contributed by atoms with Crippen LogP contribution < -0.4 is 5.32 Å². The van der Waals surface area contributed by atoms with Crippen molar-refractivity contribution in [2.75, 3.05) is 19.6 Å². The van der Waals surface area contributed by atoms with E-state index in [-0.39, 0.29) is 11.8 Å². The molecule has 2 heterocycles. The van der Waals surface area contributed by atoms with Gasteiger partial charge >= 0.3 is 5.97 Å². The molecule has 6 heteroatoms. The summed E-state index contributed by atoms with van der Waals surface area (Å²) in [5, 5.41) is 2.78. The van der Waals surface area contributed by atoms with Crippen LogP contribution in [0.5, 0.6) is 0 Å². The van der Waals surface area contributed by atoms with Crippen molar-refractivity contribution in [3.05, 3.63) is 35.4 Å². The maximum Gasteiger partial charge on any atom is 0.339 e. The molecule has 128 valence electrons. The molecule has 6 nitrogen and oxygen atoms in total. The molecule has 0 saturated carbocycles. The van der Waals surface area contributed by atoms with E-state index >= 15 is 0 Å². The number of nitrogens with zero attached hydrogens (tertiary/aromatic N) is 1. The summed E-state index contributed by atoms with van der Waals surface area (Å²) in [5.74, 6) is -0.611. The van der Waals surface area contributed by atoms with Crippen LogP contribution in [0.4, 0.5) is 0 Å². The van der Waals surface area contributed by atoms with E-state index in [1.165, 1.54) is 0 Å². The van der Waals surface area contributed by atoms with E-state index in [0.29, 0.717) is 31.5 Å². The Kier molecular flexibility index (Phi) is 5.13. The number of rotatable bonds is 4. The van der Waals surface area contributed by atoms with Gasteiger partial charge in [0.05, 0.1) is 5.56 Å². The third kappa shape index (κ3) is 3.75. The molecule has 2 aliphatic rings. The standard InChI is InChI=1S/C18H22N2O4/c21-16-8-2-1-5-10-20(16)11-9-19-17(22)15-12-13-6-3-4-7-14(13)18(23)24-15/h3-4,6-7,15H,1-2,5,8-12H2,(H,19,22)/t15-/m0/s1. The zero-order valence-electron chi connectivity index (χ0n) is 13.6. The predicted octanol–water partition coefficient (Wildman–Crippen LogP) is 1.29. The van der Waals surface area contributed by atoms with Crippen molar-refractivity contribution in [2.45, 2.75) is 38.2 Å². The largest absolute Gasteiger partial charge is 0.448 e. The monoisotopic (exact) mass is 330 g/mol. The topological polar surface area (TPSA) is 75.7 Å². The van der Waals surface area contributed by atoms with Crippen LogP contribution in [0.3, 0.4) is 0 Å². The lowest BCUT2D eigenvalue weighted by molar-refractivity contribution is -0.133. The van der Waals surface area contributed by atoms with Crippen LogP contribution in [0.15, 0.2) is 24.3 Å². The predicted molar refractivity (Wildman–Crippen MR) is 87.4 cm³/mol. The summed E-state index contributed by atoms with van der Waals surface area (Å²) < 4.78 is 5.23. The SMILES string of the molecule is O=C1O[C@H](C(=O)NCCN2CCCCCC2=O)Cc2ccccc21. The molecule has 1 aromatic carbocycles. The zero-order chi connectivity index (χ0) is 16.9. The van der Waals surface area contributed by atoms with Crippen LogP contribution in [-0.4, -0.2) is 48.4 Å². The van der Waals surface area contributed by atoms with E-state index in [1.54, 1.807) is 17.0 Å². The fourth-order valence-electron chi connectivity index (χ4n) is 3.18. The van der Waals surface area contributed by atoms with Crippen molar-refractivity contribution in [2.24, 2.45) is 0 Å². The van der Waals surface area contributed by atoms with Gasteiger partial charge in [-0.1, -0.05) is 24.6 Å². The Hall–Kier alpha value is -2.37. The number of ether oxygens (including phenoxy) is 1. The number of nitrogens with one attached hydrogen (secondary N) is 1. The number of amides is 2. The summed E-state index contributed by atoms with van der Waals surface area (Å²) >= 11 is 0. The molecule has 2 aliphatic heterocycles. The first-order chi connectivity index (χ1) is 11.6. The number of likely N-dealkylation sites (tertiary alicyclic amines) is 1. The molecule has 0 unspecified atom stereocenters. The summed E-state index contributed by atoms with van der Waals surface area (Å²) in [4.78, 5) is 37.9. The average Bonchev–Trinajstić information content (AvgIpc) is 2.79. The molecular formula is C18H22N2O4. The molecule has 2 amide bonds. The van der Waals surface area contributed by atoms with Crippen LogP contribution in [0.25, 0.3) is 0 Å². The summed E-state index contributed by atoms with van der Waals surface area (Å²) in [5.41, 5.74) is 1.35. The van der Waals surface area contributed by atoms with Gasteiger partial charge in [0.1, 0.15) is 0 Å². The molecule has 0 radical (unpaired) electrons. The van der Waals surface area contributed by atoms with Crippen LogP contribution in [0.2, 0.25) is 0 Å². The molecule has 0 aliphatic carbocycles. The number of hydrogen-bond acceptors (Lipinski definition) is 4. The third-order valence-electron chi connectivity index (χ3n) is 4.54. The van der Waals surface area contributed by atoms with Crippen LogP contribution in [0, 0.1) is 0 Å². The Morgan fingerprint density at radius 3 is 2.92 bits per heavy atom. The van der Waals surface area contributed by atoms with Gasteiger partial charge in [0.25, 0.3) is 5.91 Å². The first kappa shape index (κ1) is 16.5. The zero-order valence-corrected chi connectivity index (χ0v) is 13.6. The second-order valence-corrected chi connectivity index (χ2v) is 6.24. The third-order valence-corrected chi connectivity index (χ3v) is 4.54. The number of benzene rings is 1. The number of fused-ring (bicyclic) bond motifs is 1. The highest BCUT2D eigenvalue weighted by Crippen LogP contribution is 2.20. The first-order valence-electron chi connectivity index (χ1n) is 8.49. The smallest absolute Gasteiger partial charge is 0.339 e. The van der Waals surface area contributed by atoms with Gasteiger partial charge in [-0.15, -0.1) is 0 Å². The van der Waals surface area contributed by atoms with Gasteiger partial charge < -0.3 is 15.0 Å². The summed E-state index contributed by atoms with van der Waals surface area (Å²) in [6.45, 7) is 1.63. The first-order valence-corrected chi connectivity index (χ1v) is 8.49. The minimum absolute atomic E-state index is 0.153. The molecular weight excluding hydrogens is 308 g/mol. The highest BCUT2D eigenvalue weighted by molar-refractivity contribution is 5.95. The number of carbonyl (C=O) groups excluding carboxylic acids is 3. The fraction of sp³-hybridized carbons (Fsp3) is 0.500. The fourth-order valence-corrected chi connectivity index (χ4v) is 3.18. The van der Waals surface area contributed by atoms with Crippen LogP contribution >= 0.6 is 0 Å². The molecule has 1 saturated heterocycles. The Morgan fingerprint density at radius 2 is 2.04 bits per heavy atom. The normalized spacial score (nSPS) is 20.8. The van der Waals surface area contributed by atoms with Gasteiger partial charge in [-0.2, -0.15) is 0 Å². The Bertz CT molecular complexity index is 644. The molecule has 0 aromatic heterocycles. The second-order valence-electron chi connectivity index (χ2n) is 6.24. The van der Waals surface area contributed by atoms with Crippen molar-refractivity contribution >= 4 is 17.8 Å². The minimum Gasteiger partial charge on any atom is -0.448 e. The number of esters is 1. The van der Waals surface area contributed by atoms with Gasteiger partial charge in [-0.05, 0) is 24.5 Å². The van der Waals surface area contributed by atoms with E-state index in [4.69, 9.17) is 4.74 Å². The minimum atomic E-state index is -0.799. The van der Waals surface area contributed by atoms with Gasteiger partial charge in [0.15, 0.2) is 6.10 Å². The Morgan fingerprint density at radius 1 is 1.21 bits per heavy atom. The molecule has 0 spiro atoms. The average molecular weight is 330 g/mol. The number of cyclic esters (lactones) is 1. The summed E-state index contributed by atoms with van der Waals surface area (Å²) in [7, 11) is 0. The number of hydrogen-bond donors (Lipinski definition) is 1. The second kappa shape index (κ2) is 7.47. The molecule has 0 bridgehead atoms. The van der Waals surface area contributed by atoms with Crippen molar-refractivity contribution in [1.82, 2.24) is 10.2 Å². The van der Waals surface area contributed by atoms with E-state index in [2.05, 4.69) is 5.32 Å². The molecule has 1 N–H and O–H groups in total. The van der Waals surface area contributed by atoms with Crippen LogP contribution in [-0.2, 0) is 20.7 Å². The van der Waals surface area contributed by atoms with E-state index < -0.39 is 12.1 Å². The van der Waals surface area contributed by atoms with E-state index in [1.807, 2.05) is 12.1 Å². The molecule has 1 atom stereocenters. The van der Waals surface area contributed by atoms with Crippen molar-refractivity contribution in [3.63, 3.8) is 0 Å². The van der Waals surface area contributed by atoms with E-state index in [0.717, 1.165) is 31.4 Å². The summed E-state index contributed by atoms with van der Waals surface area (Å²) in [6.07, 6.45) is 3.20. The highest BCUT2D eigenvalue weighted by Gasteiger charge is 2.30. The molecule has 1 fully saturated rings. The van der Waals surface area contributed by atoms with Crippen molar-refractivity contribution < 1.29 is 19.1 Å². The maximum atomic E-state index is 12.3. The van der Waals surface area contributed by atoms with Crippen LogP contribution in [0.1, 0.15) is 41.6 Å². The van der Waals surface area contributed by atoms with Gasteiger partial charge in [-0.3, -0.25) is 9.59 Å². The van der Waals surface area contributed by atoms with Gasteiger partial charge in [0, 0.05) is 32.5 Å². The molecule has 24 heavy (non-hydrogen) atoms. The quantitative estimate of drug-likeness (QED) is 0.844. The Balaban J connectivity index is 1.51. The number of carbonyl (C=O) groups is 3. The van der Waals surface area contributed by atoms with Gasteiger partial charge in [0.2, 0.25) is 5.91 Å². The lowest BCUT2D eigenvalue weighted by Crippen LogP contribution is -2.45.